The molecule has 1 aromatic rings. The maximum absolute atomic E-state index is 12.0. The molecule has 1 aliphatic heterocycles. The van der Waals surface area contributed by atoms with Crippen LogP contribution in [0.1, 0.15) is 19.3 Å². The van der Waals surface area contributed by atoms with Crippen molar-refractivity contribution in [3.05, 3.63) is 18.2 Å². The molecule has 1 aromatic carbocycles. The zero-order valence-corrected chi connectivity index (χ0v) is 15.4. The molecule has 8 heteroatoms. The van der Waals surface area contributed by atoms with E-state index in [1.54, 1.807) is 32.4 Å². The van der Waals surface area contributed by atoms with E-state index in [-0.39, 0.29) is 30.8 Å². The first-order chi connectivity index (χ1) is 11.6. The van der Waals surface area contributed by atoms with Gasteiger partial charge in [-0.2, -0.15) is 0 Å². The van der Waals surface area contributed by atoms with E-state index in [1.165, 1.54) is 0 Å². The lowest BCUT2D eigenvalue weighted by molar-refractivity contribution is -0.124. The van der Waals surface area contributed by atoms with Gasteiger partial charge in [0.15, 0.2) is 0 Å². The summed E-state index contributed by atoms with van der Waals surface area (Å²) in [4.78, 5) is 23.8. The second-order valence-electron chi connectivity index (χ2n) is 5.82. The number of nitrogens with one attached hydrogen (secondary N) is 3. The van der Waals surface area contributed by atoms with Crippen LogP contribution in [-0.2, 0) is 9.59 Å². The summed E-state index contributed by atoms with van der Waals surface area (Å²) in [7, 11) is 3.08. The molecule has 0 radical (unpaired) electrons. The molecular formula is C17H26ClN3O4. The van der Waals surface area contributed by atoms with Crippen molar-refractivity contribution in [2.75, 3.05) is 39.2 Å². The van der Waals surface area contributed by atoms with Gasteiger partial charge in [-0.1, -0.05) is 0 Å². The molecule has 2 amide bonds. The first-order valence-corrected chi connectivity index (χ1v) is 8.11. The van der Waals surface area contributed by atoms with Crippen LogP contribution < -0.4 is 25.4 Å². The normalized spacial score (nSPS) is 15.8. The van der Waals surface area contributed by atoms with Gasteiger partial charge in [-0.05, 0) is 31.8 Å². The maximum Gasteiger partial charge on any atom is 0.243 e. The number of anilines is 1. The Bertz CT molecular complexity index is 555. The molecule has 1 atom stereocenters. The van der Waals surface area contributed by atoms with Gasteiger partial charge in [-0.3, -0.25) is 9.59 Å². The minimum Gasteiger partial charge on any atom is -0.497 e. The number of ether oxygens (including phenoxy) is 2. The highest BCUT2D eigenvalue weighted by Gasteiger charge is 2.16. The predicted octanol–water partition coefficient (Wildman–Crippen LogP) is 1.57. The van der Waals surface area contributed by atoms with Crippen molar-refractivity contribution in [2.45, 2.75) is 19.3 Å². The lowest BCUT2D eigenvalue weighted by Crippen LogP contribution is -2.33. The van der Waals surface area contributed by atoms with Crippen LogP contribution in [-0.4, -0.2) is 45.7 Å². The summed E-state index contributed by atoms with van der Waals surface area (Å²) in [5, 5.41) is 8.65. The fourth-order valence-electron chi connectivity index (χ4n) is 2.65. The molecule has 3 N–H and O–H groups in total. The van der Waals surface area contributed by atoms with Gasteiger partial charge in [0, 0.05) is 30.3 Å². The lowest BCUT2D eigenvalue weighted by Gasteiger charge is -2.11. The van der Waals surface area contributed by atoms with Gasteiger partial charge >= 0.3 is 0 Å². The van der Waals surface area contributed by atoms with Gasteiger partial charge in [-0.15, -0.1) is 12.4 Å². The monoisotopic (exact) mass is 371 g/mol. The predicted molar refractivity (Wildman–Crippen MR) is 98.6 cm³/mol. The second kappa shape index (κ2) is 10.8. The van der Waals surface area contributed by atoms with Crippen LogP contribution in [0, 0.1) is 5.92 Å². The fraction of sp³-hybridized carbons (Fsp3) is 0.529. The highest BCUT2D eigenvalue weighted by molar-refractivity contribution is 5.94. The smallest absolute Gasteiger partial charge is 0.243 e. The van der Waals surface area contributed by atoms with E-state index in [0.717, 1.165) is 25.9 Å². The van der Waals surface area contributed by atoms with Crippen LogP contribution in [0.2, 0.25) is 0 Å². The summed E-state index contributed by atoms with van der Waals surface area (Å²) in [6.45, 7) is 1.95. The summed E-state index contributed by atoms with van der Waals surface area (Å²) >= 11 is 0. The number of rotatable bonds is 8. The molecule has 1 unspecified atom stereocenters. The highest BCUT2D eigenvalue weighted by Crippen LogP contribution is 2.25. The van der Waals surface area contributed by atoms with Crippen molar-refractivity contribution < 1.29 is 19.1 Å². The van der Waals surface area contributed by atoms with Crippen molar-refractivity contribution >= 4 is 29.9 Å². The molecule has 140 valence electrons. The Balaban J connectivity index is 0.00000312. The van der Waals surface area contributed by atoms with Crippen LogP contribution in [0.3, 0.4) is 0 Å². The lowest BCUT2D eigenvalue weighted by atomic mass is 10.0. The topological polar surface area (TPSA) is 88.7 Å². The van der Waals surface area contributed by atoms with E-state index >= 15 is 0 Å². The molecule has 0 aromatic heterocycles. The number of benzene rings is 1. The molecule has 1 heterocycles. The van der Waals surface area contributed by atoms with Gasteiger partial charge in [0.05, 0.1) is 20.8 Å². The zero-order valence-electron chi connectivity index (χ0n) is 14.6. The SMILES string of the molecule is COc1cc(NC(=O)CNC(=O)CCC2CCNC2)cc(OC)c1.Cl. The Kier molecular flexibility index (Phi) is 9.08. The number of hydrogen-bond donors (Lipinski definition) is 3. The van der Waals surface area contributed by atoms with E-state index in [0.29, 0.717) is 29.5 Å². The molecule has 7 nitrogen and oxygen atoms in total. The van der Waals surface area contributed by atoms with E-state index in [2.05, 4.69) is 16.0 Å². The molecule has 0 spiro atoms. The van der Waals surface area contributed by atoms with E-state index in [1.807, 2.05) is 0 Å². The largest absolute Gasteiger partial charge is 0.497 e. The Hall–Kier alpha value is -1.99. The number of amides is 2. The average Bonchev–Trinajstić information content (AvgIpc) is 3.11. The van der Waals surface area contributed by atoms with Crippen LogP contribution in [0.5, 0.6) is 11.5 Å². The molecule has 1 aliphatic rings. The van der Waals surface area contributed by atoms with E-state index < -0.39 is 0 Å². The maximum atomic E-state index is 12.0. The van der Waals surface area contributed by atoms with Crippen molar-refractivity contribution in [1.29, 1.82) is 0 Å². The molecule has 25 heavy (non-hydrogen) atoms. The minimum atomic E-state index is -0.291. The van der Waals surface area contributed by atoms with Gasteiger partial charge < -0.3 is 25.4 Å². The number of carbonyl (C=O) groups excluding carboxylic acids is 2. The van der Waals surface area contributed by atoms with Crippen LogP contribution in [0.25, 0.3) is 0 Å². The van der Waals surface area contributed by atoms with Crippen LogP contribution in [0.4, 0.5) is 5.69 Å². The summed E-state index contributed by atoms with van der Waals surface area (Å²) in [5.41, 5.74) is 0.558. The first kappa shape index (κ1) is 21.1. The standard InChI is InChI=1S/C17H25N3O4.ClH/c1-23-14-7-13(8-15(9-14)24-2)20-17(22)11-19-16(21)4-3-12-5-6-18-10-12;/h7-9,12,18H,3-6,10-11H2,1-2H3,(H,19,21)(H,20,22);1H. The number of carbonyl (C=O) groups is 2. The fourth-order valence-corrected chi connectivity index (χ4v) is 2.65. The van der Waals surface area contributed by atoms with Gasteiger partial charge in [0.2, 0.25) is 11.8 Å². The number of hydrogen-bond acceptors (Lipinski definition) is 5. The van der Waals surface area contributed by atoms with E-state index in [9.17, 15) is 9.59 Å². The minimum absolute atomic E-state index is 0. The quantitative estimate of drug-likeness (QED) is 0.645. The summed E-state index contributed by atoms with van der Waals surface area (Å²) < 4.78 is 10.3. The van der Waals surface area contributed by atoms with Crippen LogP contribution >= 0.6 is 12.4 Å². The van der Waals surface area contributed by atoms with Crippen molar-refractivity contribution in [1.82, 2.24) is 10.6 Å². The molecule has 0 saturated carbocycles. The molecule has 0 aliphatic carbocycles. The third-order valence-corrected chi connectivity index (χ3v) is 4.02. The van der Waals surface area contributed by atoms with Crippen molar-refractivity contribution in [2.24, 2.45) is 5.92 Å². The molecule has 2 rings (SSSR count). The molecule has 1 fully saturated rings. The average molecular weight is 372 g/mol. The number of methoxy groups -OCH3 is 2. The number of halogens is 1. The second-order valence-corrected chi connectivity index (χ2v) is 5.82. The summed E-state index contributed by atoms with van der Waals surface area (Å²) in [5.74, 6) is 1.34. The van der Waals surface area contributed by atoms with Crippen molar-refractivity contribution in [3.63, 3.8) is 0 Å². The molecule has 0 bridgehead atoms. The summed E-state index contributed by atoms with van der Waals surface area (Å²) in [6, 6.07) is 5.10. The van der Waals surface area contributed by atoms with E-state index in [4.69, 9.17) is 9.47 Å². The highest BCUT2D eigenvalue weighted by atomic mass is 35.5. The van der Waals surface area contributed by atoms with Gasteiger partial charge in [0.25, 0.3) is 0 Å². The summed E-state index contributed by atoms with van der Waals surface area (Å²) in [6.07, 6.45) is 2.42. The van der Waals surface area contributed by atoms with Crippen LogP contribution in [0.15, 0.2) is 18.2 Å². The molecular weight excluding hydrogens is 346 g/mol. The molecule has 1 saturated heterocycles. The van der Waals surface area contributed by atoms with Crippen molar-refractivity contribution in [3.8, 4) is 11.5 Å². The Morgan fingerprint density at radius 2 is 1.84 bits per heavy atom. The zero-order chi connectivity index (χ0) is 17.4. The third-order valence-electron chi connectivity index (χ3n) is 4.02. The third kappa shape index (κ3) is 7.19. The Labute approximate surface area is 154 Å². The Morgan fingerprint density at radius 1 is 1.16 bits per heavy atom. The Morgan fingerprint density at radius 3 is 2.40 bits per heavy atom. The first-order valence-electron chi connectivity index (χ1n) is 8.11. The van der Waals surface area contributed by atoms with Gasteiger partial charge in [-0.25, -0.2) is 0 Å². The van der Waals surface area contributed by atoms with Gasteiger partial charge in [0.1, 0.15) is 11.5 Å².